The molecule has 0 bridgehead atoms. The molecule has 0 radical (unpaired) electrons. The first-order valence-electron chi connectivity index (χ1n) is 6.06. The molecule has 1 heterocycles. The molecule has 1 fully saturated rings. The summed E-state index contributed by atoms with van der Waals surface area (Å²) in [5.74, 6) is -0.539. The molecule has 1 saturated heterocycles. The average Bonchev–Trinajstić information content (AvgIpc) is 2.71. The van der Waals surface area contributed by atoms with E-state index in [-0.39, 0.29) is 23.1 Å². The van der Waals surface area contributed by atoms with Crippen LogP contribution in [0.2, 0.25) is 10.0 Å². The maximum Gasteiger partial charge on any atom is 0.303 e. The molecule has 1 aliphatic rings. The lowest BCUT2D eigenvalue weighted by Crippen LogP contribution is -2.21. The first kappa shape index (κ1) is 14.4. The van der Waals surface area contributed by atoms with Crippen LogP contribution in [0, 0.1) is 5.92 Å². The van der Waals surface area contributed by atoms with E-state index in [1.54, 1.807) is 6.07 Å². The van der Waals surface area contributed by atoms with Crippen molar-refractivity contribution in [1.29, 1.82) is 0 Å². The fourth-order valence-electron chi connectivity index (χ4n) is 2.45. The van der Waals surface area contributed by atoms with E-state index >= 15 is 0 Å². The summed E-state index contributed by atoms with van der Waals surface area (Å²) in [6, 6.07) is 3.19. The smallest absolute Gasteiger partial charge is 0.303 e. The number of carbonyl (C=O) groups is 1. The van der Waals surface area contributed by atoms with Crippen LogP contribution >= 0.6 is 23.2 Å². The Morgan fingerprint density at radius 1 is 1.42 bits per heavy atom. The third kappa shape index (κ3) is 3.75. The van der Waals surface area contributed by atoms with Gasteiger partial charge in [-0.2, -0.15) is 0 Å². The van der Waals surface area contributed by atoms with Crippen LogP contribution in [0.4, 0.5) is 0 Å². The summed E-state index contributed by atoms with van der Waals surface area (Å²) in [6.07, 6.45) is 1.06. The molecule has 0 spiro atoms. The SMILES string of the molecule is O=C(O)CC1CCN(Cc2cc(Cl)cc(Cl)c2O)C1. The molecule has 6 heteroatoms. The van der Waals surface area contributed by atoms with Crippen LogP contribution in [-0.4, -0.2) is 34.2 Å². The topological polar surface area (TPSA) is 60.8 Å². The highest BCUT2D eigenvalue weighted by molar-refractivity contribution is 6.35. The lowest BCUT2D eigenvalue weighted by atomic mass is 10.1. The zero-order valence-corrected chi connectivity index (χ0v) is 11.8. The minimum absolute atomic E-state index is 0.0488. The highest BCUT2D eigenvalue weighted by Gasteiger charge is 2.25. The van der Waals surface area contributed by atoms with Gasteiger partial charge in [0.25, 0.3) is 0 Å². The Balaban J connectivity index is 2.01. The normalized spacial score (nSPS) is 19.8. The Morgan fingerprint density at radius 3 is 2.84 bits per heavy atom. The average molecular weight is 304 g/mol. The van der Waals surface area contributed by atoms with Crippen LogP contribution in [-0.2, 0) is 11.3 Å². The molecule has 1 aliphatic heterocycles. The molecule has 1 atom stereocenters. The van der Waals surface area contributed by atoms with Gasteiger partial charge in [-0.05, 0) is 31.0 Å². The second-order valence-corrected chi connectivity index (χ2v) is 5.73. The number of halogens is 2. The standard InChI is InChI=1S/C13H15Cl2NO3/c14-10-4-9(13(19)11(15)5-10)7-16-2-1-8(6-16)3-12(17)18/h4-5,8,19H,1-3,6-7H2,(H,17,18). The van der Waals surface area contributed by atoms with Gasteiger partial charge in [-0.1, -0.05) is 23.2 Å². The van der Waals surface area contributed by atoms with Crippen molar-refractivity contribution in [2.75, 3.05) is 13.1 Å². The Bertz CT molecular complexity index is 493. The van der Waals surface area contributed by atoms with Crippen molar-refractivity contribution in [2.45, 2.75) is 19.4 Å². The second kappa shape index (κ2) is 5.99. The van der Waals surface area contributed by atoms with Crippen molar-refractivity contribution in [3.8, 4) is 5.75 Å². The number of carboxylic acids is 1. The summed E-state index contributed by atoms with van der Waals surface area (Å²) in [7, 11) is 0. The predicted octanol–water partition coefficient (Wildman–Crippen LogP) is 3.00. The van der Waals surface area contributed by atoms with Gasteiger partial charge in [-0.3, -0.25) is 9.69 Å². The van der Waals surface area contributed by atoms with Crippen LogP contribution in [0.15, 0.2) is 12.1 Å². The van der Waals surface area contributed by atoms with Gasteiger partial charge in [0.15, 0.2) is 0 Å². The van der Waals surface area contributed by atoms with Crippen molar-refractivity contribution in [3.63, 3.8) is 0 Å². The molecule has 2 N–H and O–H groups in total. The molecule has 4 nitrogen and oxygen atoms in total. The highest BCUT2D eigenvalue weighted by Crippen LogP contribution is 2.33. The molecule has 2 rings (SSSR count). The quantitative estimate of drug-likeness (QED) is 0.897. The Labute approximate surface area is 121 Å². The summed E-state index contributed by atoms with van der Waals surface area (Å²) in [5, 5.41) is 19.4. The van der Waals surface area contributed by atoms with Gasteiger partial charge < -0.3 is 10.2 Å². The molecular formula is C13H15Cl2NO3. The first-order chi connectivity index (χ1) is 8.95. The third-order valence-corrected chi connectivity index (χ3v) is 3.84. The van der Waals surface area contributed by atoms with Crippen LogP contribution < -0.4 is 0 Å². The van der Waals surface area contributed by atoms with Crippen LogP contribution in [0.1, 0.15) is 18.4 Å². The fraction of sp³-hybridized carbons (Fsp3) is 0.462. The Kier molecular flexibility index (Phi) is 4.55. The Morgan fingerprint density at radius 2 is 2.16 bits per heavy atom. The lowest BCUT2D eigenvalue weighted by molar-refractivity contribution is -0.138. The fourth-order valence-corrected chi connectivity index (χ4v) is 2.99. The van der Waals surface area contributed by atoms with Crippen molar-refractivity contribution >= 4 is 29.2 Å². The van der Waals surface area contributed by atoms with Gasteiger partial charge >= 0.3 is 5.97 Å². The number of rotatable bonds is 4. The predicted molar refractivity (Wildman–Crippen MR) is 73.8 cm³/mol. The van der Waals surface area contributed by atoms with E-state index in [4.69, 9.17) is 28.3 Å². The number of nitrogens with zero attached hydrogens (tertiary/aromatic N) is 1. The number of phenols is 1. The number of hydrogen-bond donors (Lipinski definition) is 2. The van der Waals surface area contributed by atoms with E-state index in [1.165, 1.54) is 6.07 Å². The summed E-state index contributed by atoms with van der Waals surface area (Å²) >= 11 is 11.8. The maximum atomic E-state index is 10.7. The van der Waals surface area contributed by atoms with Crippen molar-refractivity contribution in [2.24, 2.45) is 5.92 Å². The van der Waals surface area contributed by atoms with E-state index in [1.807, 2.05) is 0 Å². The number of phenolic OH excluding ortho intramolecular Hbond substituents is 1. The second-order valence-electron chi connectivity index (χ2n) is 4.88. The molecule has 104 valence electrons. The molecule has 1 aromatic carbocycles. The summed E-state index contributed by atoms with van der Waals surface area (Å²) < 4.78 is 0. The molecule has 0 amide bonds. The van der Waals surface area contributed by atoms with Crippen molar-refractivity contribution < 1.29 is 15.0 Å². The molecule has 1 unspecified atom stereocenters. The minimum Gasteiger partial charge on any atom is -0.506 e. The molecular weight excluding hydrogens is 289 g/mol. The molecule has 0 aliphatic carbocycles. The summed E-state index contributed by atoms with van der Waals surface area (Å²) in [6.45, 7) is 2.07. The van der Waals surface area contributed by atoms with Gasteiger partial charge in [0.2, 0.25) is 0 Å². The highest BCUT2D eigenvalue weighted by atomic mass is 35.5. The van der Waals surface area contributed by atoms with E-state index in [0.29, 0.717) is 17.1 Å². The van der Waals surface area contributed by atoms with Gasteiger partial charge in [0.1, 0.15) is 5.75 Å². The molecule has 1 aromatic rings. The van der Waals surface area contributed by atoms with E-state index in [0.717, 1.165) is 19.5 Å². The number of likely N-dealkylation sites (tertiary alicyclic amines) is 1. The number of carboxylic acid groups (broad SMARTS) is 1. The number of aromatic hydroxyl groups is 1. The van der Waals surface area contributed by atoms with Gasteiger partial charge in [-0.25, -0.2) is 0 Å². The van der Waals surface area contributed by atoms with E-state index < -0.39 is 5.97 Å². The van der Waals surface area contributed by atoms with Crippen LogP contribution in [0.25, 0.3) is 0 Å². The summed E-state index contributed by atoms with van der Waals surface area (Å²) in [4.78, 5) is 12.8. The number of aliphatic carboxylic acids is 1. The third-order valence-electron chi connectivity index (χ3n) is 3.33. The van der Waals surface area contributed by atoms with Gasteiger partial charge in [0.05, 0.1) is 5.02 Å². The molecule has 0 saturated carbocycles. The largest absolute Gasteiger partial charge is 0.506 e. The van der Waals surface area contributed by atoms with Gasteiger partial charge in [0, 0.05) is 30.1 Å². The van der Waals surface area contributed by atoms with Gasteiger partial charge in [-0.15, -0.1) is 0 Å². The number of benzene rings is 1. The van der Waals surface area contributed by atoms with E-state index in [2.05, 4.69) is 4.90 Å². The molecule has 19 heavy (non-hydrogen) atoms. The minimum atomic E-state index is -0.763. The first-order valence-corrected chi connectivity index (χ1v) is 6.82. The molecule has 0 aromatic heterocycles. The zero-order chi connectivity index (χ0) is 14.0. The zero-order valence-electron chi connectivity index (χ0n) is 10.3. The van der Waals surface area contributed by atoms with Crippen LogP contribution in [0.5, 0.6) is 5.75 Å². The maximum absolute atomic E-state index is 10.7. The van der Waals surface area contributed by atoms with Crippen LogP contribution in [0.3, 0.4) is 0 Å². The van der Waals surface area contributed by atoms with E-state index in [9.17, 15) is 9.90 Å². The monoisotopic (exact) mass is 303 g/mol. The Hall–Kier alpha value is -0.970. The van der Waals surface area contributed by atoms with Crippen molar-refractivity contribution in [3.05, 3.63) is 27.7 Å². The summed E-state index contributed by atoms with van der Waals surface area (Å²) in [5.41, 5.74) is 0.675. The van der Waals surface area contributed by atoms with Crippen molar-refractivity contribution in [1.82, 2.24) is 4.90 Å². The number of hydrogen-bond acceptors (Lipinski definition) is 3. The lowest BCUT2D eigenvalue weighted by Gasteiger charge is -2.17.